The van der Waals surface area contributed by atoms with Gasteiger partial charge in [0.25, 0.3) is 5.91 Å². The largest absolute Gasteiger partial charge is 0.493 e. The van der Waals surface area contributed by atoms with Gasteiger partial charge in [-0.15, -0.1) is 0 Å². The highest BCUT2D eigenvalue weighted by Crippen LogP contribution is 2.44. The maximum absolute atomic E-state index is 12.3. The Kier molecular flexibility index (Phi) is 6.56. The molecule has 1 aliphatic carbocycles. The van der Waals surface area contributed by atoms with Gasteiger partial charge in [-0.2, -0.15) is 0 Å². The number of hydrogen-bond acceptors (Lipinski definition) is 5. The van der Waals surface area contributed by atoms with Crippen molar-refractivity contribution >= 4 is 11.6 Å². The van der Waals surface area contributed by atoms with Crippen LogP contribution < -0.4 is 14.8 Å². The van der Waals surface area contributed by atoms with E-state index in [1.165, 1.54) is 18.4 Å². The minimum atomic E-state index is -0.103. The van der Waals surface area contributed by atoms with Gasteiger partial charge in [-0.1, -0.05) is 25.0 Å². The lowest BCUT2D eigenvalue weighted by atomic mass is 9.75. The standard InChI is InChI=1S/C25H30N2O4/c1-29-13-12-26-25(28)17-10-8-16(9-11-17)24-20-15-23(31-3)22(30-2)14-19(20)18-6-4-5-7-21(18)27-24/h8-11,14-15,18,21H,4-7,12-13H2,1-3H3,(H,26,28)/t18-,21-/m1/s1. The van der Waals surface area contributed by atoms with Gasteiger partial charge in [0.2, 0.25) is 0 Å². The number of hydrogen-bond donors (Lipinski definition) is 1. The van der Waals surface area contributed by atoms with E-state index in [4.69, 9.17) is 19.2 Å². The maximum atomic E-state index is 12.3. The summed E-state index contributed by atoms with van der Waals surface area (Å²) in [6.45, 7) is 0.979. The third-order valence-electron chi connectivity index (χ3n) is 6.25. The van der Waals surface area contributed by atoms with E-state index in [-0.39, 0.29) is 11.9 Å². The lowest BCUT2D eigenvalue weighted by molar-refractivity contribution is 0.0937. The smallest absolute Gasteiger partial charge is 0.251 e. The SMILES string of the molecule is COCCNC(=O)c1ccc(C2=N[C@@H]3CCCC[C@@H]3c3cc(OC)c(OC)cc32)cc1. The number of carbonyl (C=O) groups is 1. The fraction of sp³-hybridized carbons (Fsp3) is 0.440. The van der Waals surface area contributed by atoms with Crippen molar-refractivity contribution in [2.45, 2.75) is 37.6 Å². The molecule has 2 aromatic carbocycles. The third-order valence-corrected chi connectivity index (χ3v) is 6.25. The molecular formula is C25H30N2O4. The van der Waals surface area contributed by atoms with Crippen LogP contribution in [0.1, 0.15) is 58.6 Å². The van der Waals surface area contributed by atoms with Crippen molar-refractivity contribution in [1.29, 1.82) is 0 Å². The van der Waals surface area contributed by atoms with Gasteiger partial charge in [0.15, 0.2) is 11.5 Å². The molecule has 2 atom stereocenters. The van der Waals surface area contributed by atoms with E-state index < -0.39 is 0 Å². The summed E-state index contributed by atoms with van der Waals surface area (Å²) in [5, 5.41) is 2.85. The summed E-state index contributed by atoms with van der Waals surface area (Å²) in [6, 6.07) is 12.1. The Balaban J connectivity index is 1.69. The van der Waals surface area contributed by atoms with Gasteiger partial charge >= 0.3 is 0 Å². The van der Waals surface area contributed by atoms with Crippen LogP contribution in [-0.4, -0.2) is 52.1 Å². The molecule has 0 unspecified atom stereocenters. The number of ether oxygens (including phenoxy) is 3. The summed E-state index contributed by atoms with van der Waals surface area (Å²) in [4.78, 5) is 17.5. The van der Waals surface area contributed by atoms with Crippen molar-refractivity contribution in [2.75, 3.05) is 34.5 Å². The molecule has 1 heterocycles. The third kappa shape index (κ3) is 4.30. The molecular weight excluding hydrogens is 392 g/mol. The van der Waals surface area contributed by atoms with Gasteiger partial charge in [0.1, 0.15) is 0 Å². The quantitative estimate of drug-likeness (QED) is 0.686. The van der Waals surface area contributed by atoms with Crippen LogP contribution in [-0.2, 0) is 4.74 Å². The Morgan fingerprint density at radius 1 is 1.03 bits per heavy atom. The highest BCUT2D eigenvalue weighted by Gasteiger charge is 2.34. The van der Waals surface area contributed by atoms with E-state index >= 15 is 0 Å². The Hall–Kier alpha value is -2.86. The van der Waals surface area contributed by atoms with Crippen molar-refractivity contribution in [1.82, 2.24) is 5.32 Å². The van der Waals surface area contributed by atoms with Crippen LogP contribution in [0.15, 0.2) is 41.4 Å². The number of methoxy groups -OCH3 is 3. The van der Waals surface area contributed by atoms with Crippen molar-refractivity contribution < 1.29 is 19.0 Å². The zero-order valence-electron chi connectivity index (χ0n) is 18.4. The predicted octanol–water partition coefficient (Wildman–Crippen LogP) is 3.96. The average Bonchev–Trinajstić information content (AvgIpc) is 2.82. The van der Waals surface area contributed by atoms with E-state index in [9.17, 15) is 4.79 Å². The van der Waals surface area contributed by atoms with Gasteiger partial charge in [-0.05, 0) is 42.7 Å². The normalized spacial score (nSPS) is 19.6. The molecule has 6 nitrogen and oxygen atoms in total. The molecule has 1 amide bonds. The molecule has 2 aliphatic rings. The lowest BCUT2D eigenvalue weighted by Gasteiger charge is -2.35. The second-order valence-corrected chi connectivity index (χ2v) is 8.06. The van der Waals surface area contributed by atoms with Gasteiger partial charge in [-0.3, -0.25) is 9.79 Å². The van der Waals surface area contributed by atoms with Crippen molar-refractivity contribution in [2.24, 2.45) is 4.99 Å². The molecule has 0 bridgehead atoms. The molecule has 0 radical (unpaired) electrons. The van der Waals surface area contributed by atoms with E-state index in [2.05, 4.69) is 11.4 Å². The summed E-state index contributed by atoms with van der Waals surface area (Å²) >= 11 is 0. The summed E-state index contributed by atoms with van der Waals surface area (Å²) < 4.78 is 16.2. The number of nitrogens with one attached hydrogen (secondary N) is 1. The topological polar surface area (TPSA) is 69.2 Å². The van der Waals surface area contributed by atoms with Crippen LogP contribution in [0.5, 0.6) is 11.5 Å². The first-order chi connectivity index (χ1) is 15.2. The highest BCUT2D eigenvalue weighted by molar-refractivity contribution is 6.15. The number of nitrogens with zero attached hydrogens (tertiary/aromatic N) is 1. The van der Waals surface area contributed by atoms with Crippen LogP contribution in [0.2, 0.25) is 0 Å². The maximum Gasteiger partial charge on any atom is 0.251 e. The minimum absolute atomic E-state index is 0.103. The first kappa shape index (κ1) is 21.4. The Bertz CT molecular complexity index is 968. The molecule has 31 heavy (non-hydrogen) atoms. The number of amides is 1. The Morgan fingerprint density at radius 3 is 2.45 bits per heavy atom. The molecule has 1 fully saturated rings. The first-order valence-corrected chi connectivity index (χ1v) is 10.9. The molecule has 4 rings (SSSR count). The Labute approximate surface area is 183 Å². The molecule has 164 valence electrons. The van der Waals surface area contributed by atoms with Crippen LogP contribution in [0.25, 0.3) is 0 Å². The van der Waals surface area contributed by atoms with Crippen molar-refractivity contribution in [3.63, 3.8) is 0 Å². The van der Waals surface area contributed by atoms with Gasteiger partial charge in [0.05, 0.1) is 32.6 Å². The molecule has 1 aliphatic heterocycles. The summed E-state index contributed by atoms with van der Waals surface area (Å²) in [5.41, 5.74) is 4.97. The summed E-state index contributed by atoms with van der Waals surface area (Å²) in [7, 11) is 4.95. The highest BCUT2D eigenvalue weighted by atomic mass is 16.5. The van der Waals surface area contributed by atoms with E-state index in [1.807, 2.05) is 30.3 Å². The molecule has 0 saturated heterocycles. The molecule has 2 aromatic rings. The predicted molar refractivity (Wildman–Crippen MR) is 121 cm³/mol. The zero-order chi connectivity index (χ0) is 21.8. The fourth-order valence-electron chi connectivity index (χ4n) is 4.65. The monoisotopic (exact) mass is 422 g/mol. The molecule has 1 N–H and O–H groups in total. The number of benzene rings is 2. The van der Waals surface area contributed by atoms with Crippen LogP contribution in [0.4, 0.5) is 0 Å². The van der Waals surface area contributed by atoms with Crippen molar-refractivity contribution in [3.05, 3.63) is 58.7 Å². The molecule has 0 aromatic heterocycles. The van der Waals surface area contributed by atoms with Gasteiger partial charge in [0, 0.05) is 36.3 Å². The second kappa shape index (κ2) is 9.52. The second-order valence-electron chi connectivity index (χ2n) is 8.06. The van der Waals surface area contributed by atoms with E-state index in [0.717, 1.165) is 35.4 Å². The van der Waals surface area contributed by atoms with Gasteiger partial charge < -0.3 is 19.5 Å². The minimum Gasteiger partial charge on any atom is -0.493 e. The summed E-state index contributed by atoms with van der Waals surface area (Å²) in [6.07, 6.45) is 4.68. The number of fused-ring (bicyclic) bond motifs is 3. The molecule has 1 saturated carbocycles. The molecule has 6 heteroatoms. The first-order valence-electron chi connectivity index (χ1n) is 10.9. The average molecular weight is 423 g/mol. The van der Waals surface area contributed by atoms with E-state index in [0.29, 0.717) is 30.4 Å². The van der Waals surface area contributed by atoms with Crippen LogP contribution in [0, 0.1) is 0 Å². The number of aliphatic imine (C=N–C) groups is 1. The van der Waals surface area contributed by atoms with Crippen LogP contribution >= 0.6 is 0 Å². The zero-order valence-corrected chi connectivity index (χ0v) is 18.4. The summed E-state index contributed by atoms with van der Waals surface area (Å²) in [5.74, 6) is 1.78. The molecule has 0 spiro atoms. The van der Waals surface area contributed by atoms with Gasteiger partial charge in [-0.25, -0.2) is 0 Å². The van der Waals surface area contributed by atoms with Crippen molar-refractivity contribution in [3.8, 4) is 11.5 Å². The fourth-order valence-corrected chi connectivity index (χ4v) is 4.65. The van der Waals surface area contributed by atoms with Crippen LogP contribution in [0.3, 0.4) is 0 Å². The number of rotatable bonds is 7. The number of carbonyl (C=O) groups excluding carboxylic acids is 1. The van der Waals surface area contributed by atoms with E-state index in [1.54, 1.807) is 21.3 Å². The Morgan fingerprint density at radius 2 is 1.74 bits per heavy atom. The lowest BCUT2D eigenvalue weighted by Crippen LogP contribution is -2.29.